The number of benzene rings is 2. The zero-order chi connectivity index (χ0) is 14.4. The minimum atomic E-state index is 0.0461. The lowest BCUT2D eigenvalue weighted by Crippen LogP contribution is -2.09. The van der Waals surface area contributed by atoms with E-state index in [1.165, 1.54) is 0 Å². The molecule has 4 heteroatoms. The van der Waals surface area contributed by atoms with Crippen molar-refractivity contribution in [1.82, 2.24) is 0 Å². The number of halogens is 1. The van der Waals surface area contributed by atoms with Crippen LogP contribution in [0.3, 0.4) is 0 Å². The highest BCUT2D eigenvalue weighted by atomic mass is 79.9. The van der Waals surface area contributed by atoms with Gasteiger partial charge in [-0.3, -0.25) is 0 Å². The molecule has 2 rings (SSSR count). The van der Waals surface area contributed by atoms with Crippen molar-refractivity contribution >= 4 is 15.9 Å². The van der Waals surface area contributed by atoms with E-state index < -0.39 is 0 Å². The van der Waals surface area contributed by atoms with Gasteiger partial charge in [0.05, 0.1) is 0 Å². The van der Waals surface area contributed by atoms with Gasteiger partial charge in [-0.15, -0.1) is 0 Å². The third-order valence-corrected chi connectivity index (χ3v) is 3.37. The molecule has 0 saturated heterocycles. The van der Waals surface area contributed by atoms with Crippen molar-refractivity contribution in [3.05, 3.63) is 58.6 Å². The summed E-state index contributed by atoms with van der Waals surface area (Å²) in [7, 11) is 0. The van der Waals surface area contributed by atoms with Crippen LogP contribution in [-0.2, 0) is 0 Å². The van der Waals surface area contributed by atoms with Crippen LogP contribution in [0.1, 0.15) is 18.5 Å². The van der Waals surface area contributed by atoms with E-state index in [1.54, 1.807) is 0 Å². The fourth-order valence-corrected chi connectivity index (χ4v) is 1.98. The lowest BCUT2D eigenvalue weighted by Gasteiger charge is -2.10. The van der Waals surface area contributed by atoms with E-state index in [-0.39, 0.29) is 6.04 Å². The number of nitrogens with two attached hydrogens (primary N) is 1. The largest absolute Gasteiger partial charge is 0.490 e. The molecule has 20 heavy (non-hydrogen) atoms. The van der Waals surface area contributed by atoms with E-state index in [1.807, 2.05) is 55.5 Å². The fourth-order valence-electron chi connectivity index (χ4n) is 1.72. The SMILES string of the molecule is C[C@H](N)c1ccc(OCCOc2ccc(Br)cc2)cc1. The maximum absolute atomic E-state index is 5.80. The average molecular weight is 336 g/mol. The van der Waals surface area contributed by atoms with Crippen LogP contribution in [0.25, 0.3) is 0 Å². The Morgan fingerprint density at radius 1 is 0.900 bits per heavy atom. The van der Waals surface area contributed by atoms with Crippen LogP contribution in [0.4, 0.5) is 0 Å². The predicted molar refractivity (Wildman–Crippen MR) is 84.2 cm³/mol. The number of ether oxygens (including phenoxy) is 2. The highest BCUT2D eigenvalue weighted by Crippen LogP contribution is 2.17. The first kappa shape index (κ1) is 14.9. The topological polar surface area (TPSA) is 44.5 Å². The molecule has 0 amide bonds. The van der Waals surface area contributed by atoms with Gasteiger partial charge in [-0.25, -0.2) is 0 Å². The van der Waals surface area contributed by atoms with Gasteiger partial charge in [0.1, 0.15) is 24.7 Å². The molecule has 2 aromatic rings. The highest BCUT2D eigenvalue weighted by molar-refractivity contribution is 9.10. The first-order valence-corrected chi connectivity index (χ1v) is 7.31. The monoisotopic (exact) mass is 335 g/mol. The molecule has 2 N–H and O–H groups in total. The minimum Gasteiger partial charge on any atom is -0.490 e. The molecule has 0 radical (unpaired) electrons. The Kier molecular flexibility index (Phi) is 5.44. The number of rotatable bonds is 6. The maximum atomic E-state index is 5.80. The van der Waals surface area contributed by atoms with Crippen molar-refractivity contribution in [2.75, 3.05) is 13.2 Å². The van der Waals surface area contributed by atoms with Crippen LogP contribution in [0.2, 0.25) is 0 Å². The van der Waals surface area contributed by atoms with E-state index >= 15 is 0 Å². The minimum absolute atomic E-state index is 0.0461. The Bertz CT molecular complexity index is 523. The van der Waals surface area contributed by atoms with Gasteiger partial charge in [-0.05, 0) is 48.9 Å². The molecule has 0 saturated carbocycles. The highest BCUT2D eigenvalue weighted by Gasteiger charge is 2.00. The second-order valence-corrected chi connectivity index (χ2v) is 5.42. The summed E-state index contributed by atoms with van der Waals surface area (Å²) in [4.78, 5) is 0. The molecule has 0 spiro atoms. The molecule has 3 nitrogen and oxygen atoms in total. The molecule has 0 fully saturated rings. The summed E-state index contributed by atoms with van der Waals surface area (Å²) in [5.41, 5.74) is 6.90. The molecular weight excluding hydrogens is 318 g/mol. The van der Waals surface area contributed by atoms with Crippen molar-refractivity contribution in [3.63, 3.8) is 0 Å². The third kappa shape index (κ3) is 4.54. The summed E-state index contributed by atoms with van der Waals surface area (Å²) in [6, 6.07) is 15.6. The molecule has 0 aromatic heterocycles. The van der Waals surface area contributed by atoms with Crippen molar-refractivity contribution in [1.29, 1.82) is 0 Å². The van der Waals surface area contributed by atoms with Gasteiger partial charge in [-0.1, -0.05) is 28.1 Å². The smallest absolute Gasteiger partial charge is 0.122 e. The van der Waals surface area contributed by atoms with E-state index in [0.29, 0.717) is 13.2 Å². The van der Waals surface area contributed by atoms with Crippen LogP contribution >= 0.6 is 15.9 Å². The summed E-state index contributed by atoms with van der Waals surface area (Å²) in [5.74, 6) is 1.66. The quantitative estimate of drug-likeness (QED) is 0.813. The van der Waals surface area contributed by atoms with Crippen LogP contribution in [0.15, 0.2) is 53.0 Å². The molecule has 0 aliphatic heterocycles. The lowest BCUT2D eigenvalue weighted by atomic mass is 10.1. The van der Waals surface area contributed by atoms with Crippen molar-refractivity contribution < 1.29 is 9.47 Å². The van der Waals surface area contributed by atoms with E-state index in [4.69, 9.17) is 15.2 Å². The molecule has 0 aliphatic carbocycles. The van der Waals surface area contributed by atoms with Gasteiger partial charge in [0.25, 0.3) is 0 Å². The zero-order valence-corrected chi connectivity index (χ0v) is 13.0. The number of hydrogen-bond acceptors (Lipinski definition) is 3. The Morgan fingerprint density at radius 2 is 1.35 bits per heavy atom. The van der Waals surface area contributed by atoms with Gasteiger partial charge in [0.15, 0.2) is 0 Å². The van der Waals surface area contributed by atoms with Gasteiger partial charge in [0, 0.05) is 10.5 Å². The summed E-state index contributed by atoms with van der Waals surface area (Å²) >= 11 is 3.38. The molecule has 106 valence electrons. The first-order valence-electron chi connectivity index (χ1n) is 6.52. The van der Waals surface area contributed by atoms with Crippen LogP contribution < -0.4 is 15.2 Å². The Labute approximate surface area is 127 Å². The van der Waals surface area contributed by atoms with Crippen molar-refractivity contribution in [2.45, 2.75) is 13.0 Å². The third-order valence-electron chi connectivity index (χ3n) is 2.84. The first-order chi connectivity index (χ1) is 9.65. The van der Waals surface area contributed by atoms with Crippen LogP contribution in [-0.4, -0.2) is 13.2 Å². The molecule has 0 aliphatic rings. The Hall–Kier alpha value is -1.52. The molecule has 0 bridgehead atoms. The summed E-state index contributed by atoms with van der Waals surface area (Å²) in [6.45, 7) is 2.98. The Balaban J connectivity index is 1.74. The standard InChI is InChI=1S/C16H18BrNO2/c1-12(18)13-2-6-15(7-3-13)19-10-11-20-16-8-4-14(17)5-9-16/h2-9,12H,10-11,18H2,1H3/t12-/m0/s1. The second kappa shape index (κ2) is 7.31. The van der Waals surface area contributed by atoms with Crippen molar-refractivity contribution in [2.24, 2.45) is 5.73 Å². The fraction of sp³-hybridized carbons (Fsp3) is 0.250. The zero-order valence-electron chi connectivity index (χ0n) is 11.4. The number of hydrogen-bond donors (Lipinski definition) is 1. The van der Waals surface area contributed by atoms with Crippen LogP contribution in [0.5, 0.6) is 11.5 Å². The van der Waals surface area contributed by atoms with Gasteiger partial charge in [0.2, 0.25) is 0 Å². The maximum Gasteiger partial charge on any atom is 0.122 e. The normalized spacial score (nSPS) is 11.9. The van der Waals surface area contributed by atoms with Gasteiger partial charge in [-0.2, -0.15) is 0 Å². The summed E-state index contributed by atoms with van der Waals surface area (Å²) < 4.78 is 12.2. The van der Waals surface area contributed by atoms with Crippen LogP contribution in [0, 0.1) is 0 Å². The van der Waals surface area contributed by atoms with E-state index in [0.717, 1.165) is 21.5 Å². The molecule has 1 atom stereocenters. The average Bonchev–Trinajstić information content (AvgIpc) is 2.46. The molecule has 2 aromatic carbocycles. The van der Waals surface area contributed by atoms with Gasteiger partial charge >= 0.3 is 0 Å². The van der Waals surface area contributed by atoms with E-state index in [2.05, 4.69) is 15.9 Å². The predicted octanol–water partition coefficient (Wildman–Crippen LogP) is 3.93. The Morgan fingerprint density at radius 3 is 1.80 bits per heavy atom. The molecule has 0 unspecified atom stereocenters. The summed E-state index contributed by atoms with van der Waals surface area (Å²) in [5, 5.41) is 0. The van der Waals surface area contributed by atoms with Gasteiger partial charge < -0.3 is 15.2 Å². The lowest BCUT2D eigenvalue weighted by molar-refractivity contribution is 0.217. The second-order valence-electron chi connectivity index (χ2n) is 4.51. The molecule has 0 heterocycles. The molecular formula is C16H18BrNO2. The van der Waals surface area contributed by atoms with E-state index in [9.17, 15) is 0 Å². The summed E-state index contributed by atoms with van der Waals surface area (Å²) in [6.07, 6.45) is 0. The van der Waals surface area contributed by atoms with Crippen molar-refractivity contribution in [3.8, 4) is 11.5 Å².